The molecule has 1 aromatic carbocycles. The van der Waals surface area contributed by atoms with Crippen molar-refractivity contribution in [2.45, 2.75) is 6.18 Å². The Balaban J connectivity index is 2.83. The summed E-state index contributed by atoms with van der Waals surface area (Å²) in [6.45, 7) is 3.25. The monoisotopic (exact) mass is 200 g/mol. The fraction of sp³-hybridized carbons (Fsp3) is 0.100. The molecule has 74 valence electrons. The number of ether oxygens (including phenoxy) is 1. The van der Waals surface area contributed by atoms with Crippen LogP contribution in [0.1, 0.15) is 5.56 Å². The highest BCUT2D eigenvalue weighted by Gasteiger charge is 2.29. The first kappa shape index (κ1) is 10.4. The van der Waals surface area contributed by atoms with Gasteiger partial charge >= 0.3 is 6.18 Å². The first-order valence-corrected chi connectivity index (χ1v) is 3.72. The lowest BCUT2D eigenvalue weighted by molar-refractivity contribution is -0.137. The van der Waals surface area contributed by atoms with Crippen LogP contribution in [0.5, 0.6) is 5.75 Å². The number of hydrogen-bond donors (Lipinski definition) is 0. The molecule has 0 aliphatic rings. The van der Waals surface area contributed by atoms with Gasteiger partial charge in [-0.25, -0.2) is 0 Å². The molecular weight excluding hydrogens is 193 g/mol. The quantitative estimate of drug-likeness (QED) is 0.525. The third kappa shape index (κ3) is 2.68. The van der Waals surface area contributed by atoms with Crippen LogP contribution in [0.25, 0.3) is 0 Å². The number of benzene rings is 1. The number of rotatable bonds is 2. The van der Waals surface area contributed by atoms with Crippen LogP contribution < -0.4 is 4.74 Å². The highest BCUT2D eigenvalue weighted by molar-refractivity contribution is 5.29. The molecule has 4 heteroatoms. The maximum absolute atomic E-state index is 12.1. The van der Waals surface area contributed by atoms with Crippen molar-refractivity contribution in [1.82, 2.24) is 0 Å². The van der Waals surface area contributed by atoms with Crippen molar-refractivity contribution in [3.05, 3.63) is 48.4 Å². The van der Waals surface area contributed by atoms with Gasteiger partial charge in [0.05, 0.1) is 5.56 Å². The fourth-order valence-corrected chi connectivity index (χ4v) is 0.832. The van der Waals surface area contributed by atoms with Gasteiger partial charge in [-0.2, -0.15) is 13.2 Å². The molecule has 1 nitrogen and oxygen atoms in total. The molecule has 0 N–H and O–H groups in total. The minimum atomic E-state index is -4.31. The maximum atomic E-state index is 12.1. The third-order valence-corrected chi connectivity index (χ3v) is 1.46. The summed E-state index contributed by atoms with van der Waals surface area (Å²) in [6, 6.07) is 4.37. The van der Waals surface area contributed by atoms with Crippen LogP contribution in [0.15, 0.2) is 42.8 Å². The van der Waals surface area contributed by atoms with E-state index >= 15 is 0 Å². The van der Waals surface area contributed by atoms with E-state index in [0.29, 0.717) is 5.75 Å². The zero-order valence-corrected chi connectivity index (χ0v) is 7.14. The van der Waals surface area contributed by atoms with Crippen LogP contribution >= 0.6 is 0 Å². The lowest BCUT2D eigenvalue weighted by Gasteiger charge is -2.06. The predicted molar refractivity (Wildman–Crippen MR) is 45.8 cm³/mol. The normalized spacial score (nSPS) is 10.5. The van der Waals surface area contributed by atoms with Gasteiger partial charge in [0.15, 0.2) is 0 Å². The Hall–Kier alpha value is -1.67. The van der Waals surface area contributed by atoms with Crippen LogP contribution in [0.4, 0.5) is 13.2 Å². The van der Waals surface area contributed by atoms with E-state index in [2.05, 4.69) is 12.3 Å². The molecule has 0 unspecified atom stereocenters. The third-order valence-electron chi connectivity index (χ3n) is 1.46. The van der Waals surface area contributed by atoms with Gasteiger partial charge in [-0.1, -0.05) is 12.3 Å². The van der Waals surface area contributed by atoms with Gasteiger partial charge in [0.2, 0.25) is 0 Å². The highest BCUT2D eigenvalue weighted by Crippen LogP contribution is 2.30. The minimum Gasteiger partial charge on any atom is -0.457 e. The van der Waals surface area contributed by atoms with E-state index in [1.165, 1.54) is 18.4 Å². The molecule has 0 radical (unpaired) electrons. The summed E-state index contributed by atoms with van der Waals surface area (Å²) >= 11 is 0. The van der Waals surface area contributed by atoms with Crippen molar-refractivity contribution >= 4 is 0 Å². The van der Waals surface area contributed by atoms with Crippen LogP contribution in [0.3, 0.4) is 0 Å². The van der Waals surface area contributed by atoms with Crippen LogP contribution in [0.2, 0.25) is 0 Å². The molecule has 14 heavy (non-hydrogen) atoms. The number of alkyl halides is 3. The van der Waals surface area contributed by atoms with E-state index in [1.807, 2.05) is 0 Å². The molecule has 0 heterocycles. The second kappa shape index (κ2) is 4.03. The summed E-state index contributed by atoms with van der Waals surface area (Å²) in [5, 5.41) is 0. The lowest BCUT2D eigenvalue weighted by Crippen LogP contribution is -2.03. The molecule has 0 saturated carbocycles. The summed E-state index contributed by atoms with van der Waals surface area (Å²) < 4.78 is 41.2. The van der Waals surface area contributed by atoms with Crippen molar-refractivity contribution in [3.8, 4) is 5.75 Å². The van der Waals surface area contributed by atoms with Crippen molar-refractivity contribution in [2.24, 2.45) is 0 Å². The summed E-state index contributed by atoms with van der Waals surface area (Å²) in [7, 11) is 0. The smallest absolute Gasteiger partial charge is 0.416 e. The topological polar surface area (TPSA) is 9.23 Å². The van der Waals surface area contributed by atoms with E-state index in [1.54, 1.807) is 0 Å². The molecule has 1 rings (SSSR count). The Labute approximate surface area is 79.1 Å². The predicted octanol–water partition coefficient (Wildman–Crippen LogP) is 3.38. The van der Waals surface area contributed by atoms with Gasteiger partial charge in [-0.05, 0) is 24.3 Å². The number of halogens is 3. The highest BCUT2D eigenvalue weighted by atomic mass is 19.4. The minimum absolute atomic E-state index is 0.314. The van der Waals surface area contributed by atoms with Crippen molar-refractivity contribution < 1.29 is 17.9 Å². The van der Waals surface area contributed by atoms with E-state index in [9.17, 15) is 13.2 Å². The molecule has 0 saturated heterocycles. The molecule has 1 aromatic rings. The Morgan fingerprint density at radius 1 is 1.21 bits per heavy atom. The summed E-state index contributed by atoms with van der Waals surface area (Å²) in [6.07, 6.45) is -3.14. The Morgan fingerprint density at radius 2 is 1.79 bits per heavy atom. The summed E-state index contributed by atoms with van der Waals surface area (Å²) in [4.78, 5) is 0. The van der Waals surface area contributed by atoms with Crippen molar-refractivity contribution in [2.75, 3.05) is 0 Å². The molecule has 0 spiro atoms. The average Bonchev–Trinajstić information content (AvgIpc) is 2.14. The van der Waals surface area contributed by atoms with Gasteiger partial charge in [0, 0.05) is 0 Å². The largest absolute Gasteiger partial charge is 0.457 e. The van der Waals surface area contributed by atoms with E-state index < -0.39 is 11.7 Å². The van der Waals surface area contributed by atoms with Crippen LogP contribution in [0, 0.1) is 0 Å². The fourth-order valence-electron chi connectivity index (χ4n) is 0.832. The molecule has 0 amide bonds. The molecule has 0 aliphatic carbocycles. The zero-order chi connectivity index (χ0) is 10.6. The van der Waals surface area contributed by atoms with Crippen LogP contribution in [-0.2, 0) is 6.18 Å². The molecule has 0 atom stereocenters. The number of hydrogen-bond acceptors (Lipinski definition) is 1. The van der Waals surface area contributed by atoms with Gasteiger partial charge in [-0.3, -0.25) is 0 Å². The average molecular weight is 200 g/mol. The molecule has 0 aliphatic heterocycles. The summed E-state index contributed by atoms with van der Waals surface area (Å²) in [5.74, 6) is 0.314. The lowest BCUT2D eigenvalue weighted by atomic mass is 10.2. The Kier molecular flexibility index (Phi) is 2.99. The maximum Gasteiger partial charge on any atom is 0.416 e. The van der Waals surface area contributed by atoms with Gasteiger partial charge in [0.1, 0.15) is 12.0 Å². The van der Waals surface area contributed by atoms with Gasteiger partial charge in [0.25, 0.3) is 0 Å². The van der Waals surface area contributed by atoms with E-state index in [-0.39, 0.29) is 0 Å². The standard InChI is InChI=1S/C10H7F3O/c1-2-7-14-9-5-3-8(4-6-9)10(11,12)13/h3-7H,1H2. The van der Waals surface area contributed by atoms with Crippen LogP contribution in [-0.4, -0.2) is 0 Å². The van der Waals surface area contributed by atoms with Crippen molar-refractivity contribution in [3.63, 3.8) is 0 Å². The SMILES string of the molecule is C=C=COc1ccc(C(F)(F)F)cc1. The molecular formula is C10H7F3O. The zero-order valence-electron chi connectivity index (χ0n) is 7.14. The van der Waals surface area contributed by atoms with Gasteiger partial charge in [-0.15, -0.1) is 0 Å². The molecule has 0 aromatic heterocycles. The molecule has 0 bridgehead atoms. The second-order valence-electron chi connectivity index (χ2n) is 2.46. The van der Waals surface area contributed by atoms with E-state index in [0.717, 1.165) is 12.1 Å². The van der Waals surface area contributed by atoms with E-state index in [4.69, 9.17) is 4.74 Å². The summed E-state index contributed by atoms with van der Waals surface area (Å²) in [5.41, 5.74) is 1.64. The second-order valence-corrected chi connectivity index (χ2v) is 2.46. The van der Waals surface area contributed by atoms with Gasteiger partial charge < -0.3 is 4.74 Å². The van der Waals surface area contributed by atoms with Crippen molar-refractivity contribution in [1.29, 1.82) is 0 Å². The Bertz CT molecular complexity index is 345. The molecule has 0 fully saturated rings. The first-order chi connectivity index (χ1) is 6.54. The first-order valence-electron chi connectivity index (χ1n) is 3.72. The Morgan fingerprint density at radius 3 is 2.21 bits per heavy atom.